The number of nitrogens with one attached hydrogen (secondary N) is 2. The fraction of sp³-hybridized carbons (Fsp3) is 0.300. The Labute approximate surface area is 156 Å². The van der Waals surface area contributed by atoms with Gasteiger partial charge in [0.25, 0.3) is 0 Å². The number of aromatic nitrogens is 1. The van der Waals surface area contributed by atoms with Crippen LogP contribution in [0.1, 0.15) is 5.56 Å². The number of anilines is 1. The Morgan fingerprint density at radius 1 is 1.31 bits per heavy atom. The van der Waals surface area contributed by atoms with Crippen molar-refractivity contribution in [3.05, 3.63) is 59.0 Å². The minimum absolute atomic E-state index is 0.0615. The van der Waals surface area contributed by atoms with Crippen LogP contribution in [0.3, 0.4) is 0 Å². The molecule has 0 bridgehead atoms. The lowest BCUT2D eigenvalue weighted by Gasteiger charge is -2.34. The third kappa shape index (κ3) is 3.50. The van der Waals surface area contributed by atoms with Crippen molar-refractivity contribution in [2.75, 3.05) is 31.6 Å². The third-order valence-corrected chi connectivity index (χ3v) is 5.01. The van der Waals surface area contributed by atoms with E-state index >= 15 is 0 Å². The Balaban J connectivity index is 1.33. The minimum atomic E-state index is -0.206. The molecule has 0 spiro atoms. The molecule has 4 rings (SSSR count). The molecule has 4 nitrogen and oxygen atoms in total. The molecule has 2 heterocycles. The van der Waals surface area contributed by atoms with Gasteiger partial charge in [-0.15, -0.1) is 0 Å². The number of nitrogens with zero attached hydrogens (tertiary/aromatic N) is 1. The summed E-state index contributed by atoms with van der Waals surface area (Å²) in [5.41, 5.74) is 3.14. The molecular weight excluding hydrogens is 353 g/mol. The summed E-state index contributed by atoms with van der Waals surface area (Å²) >= 11 is 6.07. The SMILES string of the molecule is CN1CC(CNCCc2c[nH]c3ccc(F)cc23)Oc2cc(Cl)ccc21. The number of fused-ring (bicyclic) bond motifs is 2. The zero-order chi connectivity index (χ0) is 18.1. The second-order valence-corrected chi connectivity index (χ2v) is 7.13. The van der Waals surface area contributed by atoms with Crippen molar-refractivity contribution in [2.45, 2.75) is 12.5 Å². The van der Waals surface area contributed by atoms with Gasteiger partial charge in [-0.1, -0.05) is 11.6 Å². The van der Waals surface area contributed by atoms with Crippen LogP contribution in [0.4, 0.5) is 10.1 Å². The predicted molar refractivity (Wildman–Crippen MR) is 104 cm³/mol. The van der Waals surface area contributed by atoms with Crippen molar-refractivity contribution in [3.8, 4) is 5.75 Å². The molecule has 1 aliphatic rings. The first-order chi connectivity index (χ1) is 12.6. The predicted octanol–water partition coefficient (Wildman–Crippen LogP) is 3.99. The highest BCUT2D eigenvalue weighted by molar-refractivity contribution is 6.30. The normalized spacial score (nSPS) is 16.6. The molecule has 1 aromatic heterocycles. The molecule has 2 N–H and O–H groups in total. The number of hydrogen-bond acceptors (Lipinski definition) is 3. The largest absolute Gasteiger partial charge is 0.485 e. The molecular formula is C20H21ClFN3O. The van der Waals surface area contributed by atoms with Crippen LogP contribution in [-0.4, -0.2) is 37.8 Å². The quantitative estimate of drug-likeness (QED) is 0.664. The lowest BCUT2D eigenvalue weighted by atomic mass is 10.1. The Bertz CT molecular complexity index is 927. The van der Waals surface area contributed by atoms with E-state index < -0.39 is 0 Å². The summed E-state index contributed by atoms with van der Waals surface area (Å²) in [7, 11) is 2.06. The van der Waals surface area contributed by atoms with Crippen LogP contribution in [-0.2, 0) is 6.42 Å². The first-order valence-corrected chi connectivity index (χ1v) is 9.11. The van der Waals surface area contributed by atoms with Crippen molar-refractivity contribution in [1.29, 1.82) is 0 Å². The van der Waals surface area contributed by atoms with E-state index in [4.69, 9.17) is 16.3 Å². The molecule has 2 aromatic carbocycles. The number of aromatic amines is 1. The van der Waals surface area contributed by atoms with Gasteiger partial charge in [0.1, 0.15) is 17.7 Å². The van der Waals surface area contributed by atoms with Gasteiger partial charge in [-0.05, 0) is 48.9 Å². The van der Waals surface area contributed by atoms with Crippen LogP contribution in [0.25, 0.3) is 10.9 Å². The maximum Gasteiger partial charge on any atom is 0.144 e. The summed E-state index contributed by atoms with van der Waals surface area (Å²) in [5.74, 6) is 0.618. The maximum atomic E-state index is 13.5. The van der Waals surface area contributed by atoms with Gasteiger partial charge >= 0.3 is 0 Å². The van der Waals surface area contributed by atoms with Gasteiger partial charge < -0.3 is 19.9 Å². The van der Waals surface area contributed by atoms with Gasteiger partial charge in [0.2, 0.25) is 0 Å². The van der Waals surface area contributed by atoms with E-state index in [1.807, 2.05) is 24.4 Å². The fourth-order valence-corrected chi connectivity index (χ4v) is 3.63. The highest BCUT2D eigenvalue weighted by Gasteiger charge is 2.23. The molecule has 3 aromatic rings. The topological polar surface area (TPSA) is 40.3 Å². The monoisotopic (exact) mass is 373 g/mol. The summed E-state index contributed by atoms with van der Waals surface area (Å²) in [6, 6.07) is 10.6. The molecule has 1 aliphatic heterocycles. The number of benzene rings is 2. The van der Waals surface area contributed by atoms with E-state index in [1.165, 1.54) is 6.07 Å². The van der Waals surface area contributed by atoms with Crippen LogP contribution >= 0.6 is 11.6 Å². The Hall–Kier alpha value is -2.24. The summed E-state index contributed by atoms with van der Waals surface area (Å²) < 4.78 is 19.5. The van der Waals surface area contributed by atoms with Gasteiger partial charge in [0.15, 0.2) is 0 Å². The highest BCUT2D eigenvalue weighted by atomic mass is 35.5. The highest BCUT2D eigenvalue weighted by Crippen LogP contribution is 2.34. The van der Waals surface area contributed by atoms with Crippen molar-refractivity contribution < 1.29 is 9.13 Å². The van der Waals surface area contributed by atoms with Crippen molar-refractivity contribution in [1.82, 2.24) is 10.3 Å². The molecule has 0 amide bonds. The molecule has 0 saturated heterocycles. The molecule has 1 atom stereocenters. The summed E-state index contributed by atoms with van der Waals surface area (Å²) in [5, 5.41) is 5.07. The molecule has 0 fully saturated rings. The van der Waals surface area contributed by atoms with Gasteiger partial charge in [-0.3, -0.25) is 0 Å². The average molecular weight is 374 g/mol. The number of likely N-dealkylation sites (N-methyl/N-ethyl adjacent to an activating group) is 1. The molecule has 0 aliphatic carbocycles. The summed E-state index contributed by atoms with van der Waals surface area (Å²) in [4.78, 5) is 5.37. The Morgan fingerprint density at radius 2 is 2.19 bits per heavy atom. The van der Waals surface area contributed by atoms with Gasteiger partial charge in [0.05, 0.1) is 12.2 Å². The first kappa shape index (κ1) is 17.2. The lowest BCUT2D eigenvalue weighted by molar-refractivity contribution is 0.192. The van der Waals surface area contributed by atoms with Gasteiger partial charge in [-0.2, -0.15) is 0 Å². The van der Waals surface area contributed by atoms with E-state index in [9.17, 15) is 4.39 Å². The second-order valence-electron chi connectivity index (χ2n) is 6.69. The van der Waals surface area contributed by atoms with E-state index in [0.717, 1.165) is 54.0 Å². The molecule has 136 valence electrons. The van der Waals surface area contributed by atoms with Gasteiger partial charge in [-0.25, -0.2) is 4.39 Å². The van der Waals surface area contributed by atoms with E-state index in [0.29, 0.717) is 5.02 Å². The van der Waals surface area contributed by atoms with Crippen LogP contribution in [0.5, 0.6) is 5.75 Å². The zero-order valence-electron chi connectivity index (χ0n) is 14.6. The number of hydrogen-bond donors (Lipinski definition) is 2. The van der Waals surface area contributed by atoms with Crippen LogP contribution in [0.15, 0.2) is 42.6 Å². The summed E-state index contributed by atoms with van der Waals surface area (Å²) in [6.45, 7) is 2.36. The zero-order valence-corrected chi connectivity index (χ0v) is 15.3. The lowest BCUT2D eigenvalue weighted by Crippen LogP contribution is -2.44. The first-order valence-electron chi connectivity index (χ1n) is 8.74. The van der Waals surface area contributed by atoms with Crippen LogP contribution in [0.2, 0.25) is 5.02 Å². The van der Waals surface area contributed by atoms with E-state index in [1.54, 1.807) is 12.1 Å². The number of halogens is 2. The molecule has 0 saturated carbocycles. The molecule has 1 unspecified atom stereocenters. The Kier molecular flexibility index (Phi) is 4.74. The van der Waals surface area contributed by atoms with Crippen molar-refractivity contribution >= 4 is 28.2 Å². The number of rotatable bonds is 5. The Morgan fingerprint density at radius 3 is 3.08 bits per heavy atom. The van der Waals surface area contributed by atoms with E-state index in [-0.39, 0.29) is 11.9 Å². The maximum absolute atomic E-state index is 13.5. The fourth-order valence-electron chi connectivity index (χ4n) is 3.47. The summed E-state index contributed by atoms with van der Waals surface area (Å²) in [6.07, 6.45) is 2.84. The van der Waals surface area contributed by atoms with Crippen molar-refractivity contribution in [3.63, 3.8) is 0 Å². The van der Waals surface area contributed by atoms with Crippen LogP contribution < -0.4 is 15.0 Å². The standard InChI is InChI=1S/C20H21ClFN3O/c1-25-12-16(26-20-8-14(21)2-5-19(20)25)11-23-7-6-13-10-24-18-4-3-15(22)9-17(13)18/h2-5,8-10,16,23-24H,6-7,11-12H2,1H3. The van der Waals surface area contributed by atoms with Gasteiger partial charge in [0, 0.05) is 41.8 Å². The molecule has 0 radical (unpaired) electrons. The number of H-pyrrole nitrogens is 1. The molecule has 6 heteroatoms. The third-order valence-electron chi connectivity index (χ3n) is 4.78. The smallest absolute Gasteiger partial charge is 0.144 e. The second kappa shape index (κ2) is 7.17. The average Bonchev–Trinajstić information content (AvgIpc) is 3.00. The van der Waals surface area contributed by atoms with Crippen LogP contribution in [0, 0.1) is 5.82 Å². The molecule has 26 heavy (non-hydrogen) atoms. The van der Waals surface area contributed by atoms with E-state index in [2.05, 4.69) is 22.2 Å². The van der Waals surface area contributed by atoms with Crippen molar-refractivity contribution in [2.24, 2.45) is 0 Å². The minimum Gasteiger partial charge on any atom is -0.485 e. The number of ether oxygens (including phenoxy) is 1.